The Morgan fingerprint density at radius 2 is 1.75 bits per heavy atom. The number of rotatable bonds is 5. The van der Waals surface area contributed by atoms with Gasteiger partial charge in [-0.15, -0.1) is 0 Å². The normalized spacial score (nSPS) is 19.0. The lowest BCUT2D eigenvalue weighted by atomic mass is 9.77. The Labute approximate surface area is 212 Å². The lowest BCUT2D eigenvalue weighted by molar-refractivity contribution is 0.0422. The third kappa shape index (κ3) is 4.97. The van der Waals surface area contributed by atoms with Crippen molar-refractivity contribution in [2.75, 3.05) is 37.7 Å². The number of aromatic nitrogens is 4. The number of nitrogens with two attached hydrogens (primary N) is 1. The summed E-state index contributed by atoms with van der Waals surface area (Å²) in [6.07, 6.45) is 9.79. The van der Waals surface area contributed by atoms with Crippen LogP contribution in [0.3, 0.4) is 0 Å². The zero-order valence-electron chi connectivity index (χ0n) is 21.4. The van der Waals surface area contributed by atoms with Crippen LogP contribution in [0.4, 0.5) is 10.6 Å². The van der Waals surface area contributed by atoms with Crippen LogP contribution in [0.25, 0.3) is 22.3 Å². The van der Waals surface area contributed by atoms with Crippen molar-refractivity contribution in [3.63, 3.8) is 0 Å². The van der Waals surface area contributed by atoms with Gasteiger partial charge in [-0.3, -0.25) is 14.9 Å². The van der Waals surface area contributed by atoms with Gasteiger partial charge in [-0.05, 0) is 54.8 Å². The van der Waals surface area contributed by atoms with Crippen molar-refractivity contribution in [1.29, 1.82) is 0 Å². The molecule has 3 aromatic rings. The van der Waals surface area contributed by atoms with Crippen LogP contribution in [0, 0.1) is 10.8 Å². The van der Waals surface area contributed by atoms with Crippen molar-refractivity contribution in [3.05, 3.63) is 43.0 Å². The van der Waals surface area contributed by atoms with Gasteiger partial charge in [0.1, 0.15) is 12.4 Å². The molecule has 36 heavy (non-hydrogen) atoms. The Bertz CT molecular complexity index is 1220. The van der Waals surface area contributed by atoms with Crippen LogP contribution in [0.2, 0.25) is 0 Å². The lowest BCUT2D eigenvalue weighted by Gasteiger charge is -2.42. The van der Waals surface area contributed by atoms with Gasteiger partial charge in [-0.25, -0.2) is 14.8 Å². The van der Waals surface area contributed by atoms with E-state index in [1.165, 1.54) is 0 Å². The Morgan fingerprint density at radius 1 is 1.06 bits per heavy atom. The smallest absolute Gasteiger partial charge is 0.404 e. The molecule has 2 aliphatic rings. The minimum Gasteiger partial charge on any atom is -0.448 e. The Kier molecular flexibility index (Phi) is 6.51. The number of carbonyl (C=O) groups excluding carboxylic acids is 1. The van der Waals surface area contributed by atoms with Crippen LogP contribution in [0.5, 0.6) is 0 Å². The molecular formula is C27H35N7O2. The molecule has 1 atom stereocenters. The molecule has 0 radical (unpaired) electrons. The first-order chi connectivity index (χ1) is 17.2. The number of fused-ring (bicyclic) bond motifs is 1. The maximum atomic E-state index is 11.3. The Morgan fingerprint density at radius 3 is 2.44 bits per heavy atom. The van der Waals surface area contributed by atoms with E-state index >= 15 is 0 Å². The van der Waals surface area contributed by atoms with Gasteiger partial charge in [0.15, 0.2) is 5.82 Å². The van der Waals surface area contributed by atoms with Crippen LogP contribution in [-0.2, 0) is 4.74 Å². The molecule has 1 unspecified atom stereocenters. The highest BCUT2D eigenvalue weighted by Crippen LogP contribution is 2.44. The quantitative estimate of drug-likeness (QED) is 0.575. The minimum absolute atomic E-state index is 0.0149. The summed E-state index contributed by atoms with van der Waals surface area (Å²) in [5, 5.41) is 1.03. The highest BCUT2D eigenvalue weighted by molar-refractivity contribution is 5.90. The number of ether oxygens (including phenoxy) is 1. The molecule has 2 fully saturated rings. The summed E-state index contributed by atoms with van der Waals surface area (Å²) in [7, 11) is 0. The monoisotopic (exact) mass is 489 g/mol. The average molecular weight is 490 g/mol. The number of anilines is 1. The fourth-order valence-corrected chi connectivity index (χ4v) is 5.74. The summed E-state index contributed by atoms with van der Waals surface area (Å²) in [5.74, 6) is 1.67. The fourth-order valence-electron chi connectivity index (χ4n) is 5.74. The summed E-state index contributed by atoms with van der Waals surface area (Å²) >= 11 is 0. The van der Waals surface area contributed by atoms with Crippen molar-refractivity contribution in [3.8, 4) is 11.4 Å². The zero-order chi connectivity index (χ0) is 25.3. The van der Waals surface area contributed by atoms with E-state index < -0.39 is 6.09 Å². The van der Waals surface area contributed by atoms with E-state index in [4.69, 9.17) is 20.4 Å². The Balaban J connectivity index is 1.34. The molecule has 1 spiro atoms. The van der Waals surface area contributed by atoms with E-state index in [-0.39, 0.29) is 16.9 Å². The summed E-state index contributed by atoms with van der Waals surface area (Å²) in [6, 6.07) is 6.03. The first kappa shape index (κ1) is 24.4. The molecule has 5 rings (SSSR count). The van der Waals surface area contributed by atoms with Gasteiger partial charge in [0, 0.05) is 55.2 Å². The van der Waals surface area contributed by atoms with Crippen molar-refractivity contribution >= 4 is 22.8 Å². The van der Waals surface area contributed by atoms with Gasteiger partial charge in [-0.2, -0.15) is 0 Å². The van der Waals surface area contributed by atoms with E-state index in [1.54, 1.807) is 12.4 Å². The maximum Gasteiger partial charge on any atom is 0.404 e. The van der Waals surface area contributed by atoms with Gasteiger partial charge in [0.25, 0.3) is 0 Å². The molecule has 9 nitrogen and oxygen atoms in total. The van der Waals surface area contributed by atoms with E-state index in [0.717, 1.165) is 67.7 Å². The SMILES string of the molecule is CC(C)(C)C(COC(N)=O)N1CCC2(CCN(c3nc(-c4ccncc4)nc4cnccc34)CC2)C1. The molecule has 0 bridgehead atoms. The second kappa shape index (κ2) is 9.61. The summed E-state index contributed by atoms with van der Waals surface area (Å²) in [5.41, 5.74) is 7.33. The summed E-state index contributed by atoms with van der Waals surface area (Å²) in [4.78, 5) is 34.4. The maximum absolute atomic E-state index is 11.3. The van der Waals surface area contributed by atoms with Gasteiger partial charge < -0.3 is 15.4 Å². The Hall–Kier alpha value is -3.33. The third-order valence-corrected chi connectivity index (χ3v) is 7.83. The predicted molar refractivity (Wildman–Crippen MR) is 139 cm³/mol. The predicted octanol–water partition coefficient (Wildman–Crippen LogP) is 3.89. The molecule has 1 amide bonds. The third-order valence-electron chi connectivity index (χ3n) is 7.83. The number of amides is 1. The van der Waals surface area contributed by atoms with Crippen molar-refractivity contribution in [1.82, 2.24) is 24.8 Å². The fraction of sp³-hybridized carbons (Fsp3) is 0.519. The number of primary amides is 1. The first-order valence-corrected chi connectivity index (χ1v) is 12.7. The molecule has 2 N–H and O–H groups in total. The number of hydrogen-bond acceptors (Lipinski definition) is 8. The molecule has 0 saturated carbocycles. The molecule has 2 aliphatic heterocycles. The molecular weight excluding hydrogens is 454 g/mol. The van der Waals surface area contributed by atoms with Gasteiger partial charge in [0.2, 0.25) is 0 Å². The second-order valence-electron chi connectivity index (χ2n) is 11.2. The van der Waals surface area contributed by atoms with E-state index in [1.807, 2.05) is 30.6 Å². The summed E-state index contributed by atoms with van der Waals surface area (Å²) < 4.78 is 5.25. The van der Waals surface area contributed by atoms with Gasteiger partial charge in [0.05, 0.1) is 11.7 Å². The molecule has 9 heteroatoms. The largest absolute Gasteiger partial charge is 0.448 e. The van der Waals surface area contributed by atoms with Crippen LogP contribution >= 0.6 is 0 Å². The highest BCUT2D eigenvalue weighted by atomic mass is 16.5. The van der Waals surface area contributed by atoms with E-state index in [2.05, 4.69) is 40.5 Å². The van der Waals surface area contributed by atoms with Crippen LogP contribution in [0.15, 0.2) is 43.0 Å². The van der Waals surface area contributed by atoms with Crippen molar-refractivity contribution in [2.45, 2.75) is 46.1 Å². The average Bonchev–Trinajstić information content (AvgIpc) is 3.26. The molecule has 0 aliphatic carbocycles. The molecule has 3 aromatic heterocycles. The molecule has 5 heterocycles. The van der Waals surface area contributed by atoms with Crippen LogP contribution in [-0.4, -0.2) is 69.8 Å². The number of piperidine rings is 1. The van der Waals surface area contributed by atoms with E-state index in [9.17, 15) is 4.79 Å². The topological polar surface area (TPSA) is 110 Å². The number of pyridine rings is 2. The van der Waals surface area contributed by atoms with E-state index in [0.29, 0.717) is 12.4 Å². The molecule has 0 aromatic carbocycles. The molecule has 190 valence electrons. The van der Waals surface area contributed by atoms with Gasteiger partial charge in [-0.1, -0.05) is 20.8 Å². The minimum atomic E-state index is -0.704. The number of likely N-dealkylation sites (tertiary alicyclic amines) is 1. The summed E-state index contributed by atoms with van der Waals surface area (Å²) in [6.45, 7) is 10.8. The zero-order valence-corrected chi connectivity index (χ0v) is 21.4. The van der Waals surface area contributed by atoms with Crippen molar-refractivity contribution in [2.24, 2.45) is 16.6 Å². The lowest BCUT2D eigenvalue weighted by Crippen LogP contribution is -2.48. The van der Waals surface area contributed by atoms with Crippen LogP contribution < -0.4 is 10.6 Å². The highest BCUT2D eigenvalue weighted by Gasteiger charge is 2.45. The molecule has 2 saturated heterocycles. The number of carbonyl (C=O) groups is 1. The van der Waals surface area contributed by atoms with Crippen LogP contribution in [0.1, 0.15) is 40.0 Å². The van der Waals surface area contributed by atoms with Crippen molar-refractivity contribution < 1.29 is 9.53 Å². The second-order valence-corrected chi connectivity index (χ2v) is 11.2. The number of nitrogens with zero attached hydrogens (tertiary/aromatic N) is 6. The standard InChI is InChI=1S/C27H35N7O2/c1-26(2,3)22(17-36-25(28)35)34-15-9-27(18-34)7-13-33(14-8-27)24-20-6-12-30-16-21(20)31-23(32-24)19-4-10-29-11-5-19/h4-6,10-12,16,22H,7-9,13-15,17-18H2,1-3H3,(H2,28,35). The number of hydrogen-bond donors (Lipinski definition) is 1. The van der Waals surface area contributed by atoms with Gasteiger partial charge >= 0.3 is 6.09 Å². The first-order valence-electron chi connectivity index (χ1n) is 12.7.